The average molecular weight is 211 g/mol. The molecule has 0 aliphatic heterocycles. The van der Waals surface area contributed by atoms with Gasteiger partial charge in [0.1, 0.15) is 0 Å². The molecule has 0 radical (unpaired) electrons. The molecule has 0 fully saturated rings. The summed E-state index contributed by atoms with van der Waals surface area (Å²) in [5.41, 5.74) is 0.354. The zero-order valence-electron chi connectivity index (χ0n) is 9.92. The van der Waals surface area contributed by atoms with Crippen LogP contribution >= 0.6 is 11.3 Å². The molecule has 0 unspecified atom stereocenters. The Morgan fingerprint density at radius 1 is 1.36 bits per heavy atom. The average Bonchev–Trinajstić information content (AvgIpc) is 2.30. The normalized spacial score (nSPS) is 12.4. The van der Waals surface area contributed by atoms with Crippen LogP contribution in [0.5, 0.6) is 0 Å². The zero-order valence-corrected chi connectivity index (χ0v) is 10.7. The van der Waals surface area contributed by atoms with E-state index in [4.69, 9.17) is 0 Å². The van der Waals surface area contributed by atoms with E-state index in [1.807, 2.05) is 17.5 Å². The quantitative estimate of drug-likeness (QED) is 0.738. The molecule has 0 bridgehead atoms. The maximum Gasteiger partial charge on any atom is 0.0932 e. The summed E-state index contributed by atoms with van der Waals surface area (Å²) in [4.78, 5) is 5.90. The first-order chi connectivity index (χ1) is 6.37. The molecule has 80 valence electrons. The second kappa shape index (κ2) is 4.43. The zero-order chi connectivity index (χ0) is 10.8. The van der Waals surface area contributed by atoms with Gasteiger partial charge in [0.05, 0.1) is 5.01 Å². The summed E-state index contributed by atoms with van der Waals surface area (Å²) in [6, 6.07) is 0. The molecule has 1 rings (SSSR count). The van der Waals surface area contributed by atoms with E-state index >= 15 is 0 Å². The van der Waals surface area contributed by atoms with Gasteiger partial charge in [-0.05, 0) is 17.8 Å². The molecule has 0 atom stereocenters. The lowest BCUT2D eigenvalue weighted by molar-refractivity contribution is 0.410. The van der Waals surface area contributed by atoms with E-state index in [1.165, 1.54) is 16.3 Å². The number of aromatic nitrogens is 1. The first kappa shape index (κ1) is 11.7. The van der Waals surface area contributed by atoms with Gasteiger partial charge in [0.25, 0.3) is 0 Å². The number of nitrogens with zero attached hydrogens (tertiary/aromatic N) is 1. The highest BCUT2D eigenvalue weighted by atomic mass is 32.1. The topological polar surface area (TPSA) is 12.9 Å². The summed E-state index contributed by atoms with van der Waals surface area (Å²) in [7, 11) is 0. The fourth-order valence-electron chi connectivity index (χ4n) is 1.38. The van der Waals surface area contributed by atoms with E-state index in [2.05, 4.69) is 39.6 Å². The van der Waals surface area contributed by atoms with Crippen molar-refractivity contribution in [3.63, 3.8) is 0 Å². The summed E-state index contributed by atoms with van der Waals surface area (Å²) in [5.74, 6) is 0.734. The highest BCUT2D eigenvalue weighted by Gasteiger charge is 2.14. The van der Waals surface area contributed by atoms with Crippen LogP contribution in [0.1, 0.15) is 44.5 Å². The Balaban J connectivity index is 2.60. The van der Waals surface area contributed by atoms with Crippen LogP contribution in [0.3, 0.4) is 0 Å². The molecule has 1 nitrogen and oxygen atoms in total. The Morgan fingerprint density at radius 2 is 2.00 bits per heavy atom. The van der Waals surface area contributed by atoms with Gasteiger partial charge >= 0.3 is 0 Å². The highest BCUT2D eigenvalue weighted by Crippen LogP contribution is 2.24. The lowest BCUT2D eigenvalue weighted by Crippen LogP contribution is -2.08. The first-order valence-corrected chi connectivity index (χ1v) is 6.12. The molecule has 1 aromatic rings. The third-order valence-corrected chi connectivity index (χ3v) is 2.91. The molecule has 0 N–H and O–H groups in total. The van der Waals surface area contributed by atoms with Crippen LogP contribution < -0.4 is 0 Å². The molecule has 0 aromatic carbocycles. The van der Waals surface area contributed by atoms with Crippen molar-refractivity contribution >= 4 is 11.3 Å². The molecule has 14 heavy (non-hydrogen) atoms. The Bertz CT molecular complexity index is 281. The van der Waals surface area contributed by atoms with Crippen molar-refractivity contribution < 1.29 is 0 Å². The van der Waals surface area contributed by atoms with Crippen LogP contribution in [0.15, 0.2) is 6.20 Å². The maximum atomic E-state index is 4.47. The summed E-state index contributed by atoms with van der Waals surface area (Å²) >= 11 is 1.88. The van der Waals surface area contributed by atoms with Gasteiger partial charge in [-0.3, -0.25) is 0 Å². The van der Waals surface area contributed by atoms with Gasteiger partial charge in [-0.25, -0.2) is 4.98 Å². The van der Waals surface area contributed by atoms with Crippen molar-refractivity contribution in [3.8, 4) is 0 Å². The number of hydrogen-bond donors (Lipinski definition) is 0. The third-order valence-electron chi connectivity index (χ3n) is 1.89. The number of thiazole rings is 1. The van der Waals surface area contributed by atoms with Crippen molar-refractivity contribution in [2.75, 3.05) is 0 Å². The molecule has 2 heteroatoms. The Morgan fingerprint density at radius 3 is 2.50 bits per heavy atom. The van der Waals surface area contributed by atoms with Crippen LogP contribution in [0.4, 0.5) is 0 Å². The first-order valence-electron chi connectivity index (χ1n) is 5.30. The monoisotopic (exact) mass is 211 g/mol. The van der Waals surface area contributed by atoms with E-state index in [1.54, 1.807) is 0 Å². The lowest BCUT2D eigenvalue weighted by Gasteiger charge is -2.15. The van der Waals surface area contributed by atoms with Gasteiger partial charge in [-0.1, -0.05) is 34.6 Å². The molecule has 0 amide bonds. The molecule has 0 spiro atoms. The van der Waals surface area contributed by atoms with Crippen molar-refractivity contribution in [2.24, 2.45) is 11.3 Å². The van der Waals surface area contributed by atoms with Gasteiger partial charge in [0.15, 0.2) is 0 Å². The highest BCUT2D eigenvalue weighted by molar-refractivity contribution is 7.11. The van der Waals surface area contributed by atoms with Gasteiger partial charge in [-0.2, -0.15) is 0 Å². The van der Waals surface area contributed by atoms with Crippen molar-refractivity contribution in [1.29, 1.82) is 0 Å². The van der Waals surface area contributed by atoms with E-state index < -0.39 is 0 Å². The molecular formula is C12H21NS. The second-order valence-electron chi connectivity index (χ2n) is 5.56. The van der Waals surface area contributed by atoms with Crippen LogP contribution in [0.25, 0.3) is 0 Å². The van der Waals surface area contributed by atoms with Gasteiger partial charge in [-0.15, -0.1) is 11.3 Å². The lowest BCUT2D eigenvalue weighted by atomic mass is 9.93. The van der Waals surface area contributed by atoms with E-state index in [0.29, 0.717) is 5.41 Å². The molecule has 0 saturated carbocycles. The summed E-state index contributed by atoms with van der Waals surface area (Å²) in [6.45, 7) is 11.3. The van der Waals surface area contributed by atoms with E-state index in [9.17, 15) is 0 Å². The van der Waals surface area contributed by atoms with E-state index in [-0.39, 0.29) is 0 Å². The number of rotatable bonds is 3. The molecule has 1 aromatic heterocycles. The SMILES string of the molecule is CC(C)Cc1cnc(CC(C)(C)C)s1. The minimum atomic E-state index is 0.354. The molecular weight excluding hydrogens is 190 g/mol. The third kappa shape index (κ3) is 4.23. The minimum Gasteiger partial charge on any atom is -0.249 e. The van der Waals surface area contributed by atoms with Crippen molar-refractivity contribution in [2.45, 2.75) is 47.5 Å². The van der Waals surface area contributed by atoms with Crippen molar-refractivity contribution in [3.05, 3.63) is 16.1 Å². The smallest absolute Gasteiger partial charge is 0.0932 e. The van der Waals surface area contributed by atoms with Crippen LogP contribution in [-0.4, -0.2) is 4.98 Å². The second-order valence-corrected chi connectivity index (χ2v) is 6.76. The summed E-state index contributed by atoms with van der Waals surface area (Å²) < 4.78 is 0. The molecule has 0 aliphatic rings. The maximum absolute atomic E-state index is 4.47. The number of hydrogen-bond acceptors (Lipinski definition) is 2. The van der Waals surface area contributed by atoms with E-state index in [0.717, 1.165) is 12.3 Å². The molecule has 1 heterocycles. The predicted molar refractivity (Wildman–Crippen MR) is 63.8 cm³/mol. The Labute approximate surface area is 91.6 Å². The fraction of sp³-hybridized carbons (Fsp3) is 0.750. The summed E-state index contributed by atoms with van der Waals surface area (Å²) in [5, 5.41) is 1.29. The molecule has 0 aliphatic carbocycles. The predicted octanol–water partition coefficient (Wildman–Crippen LogP) is 3.93. The standard InChI is InChI=1S/C12H21NS/c1-9(2)6-10-8-13-11(14-10)7-12(3,4)5/h8-9H,6-7H2,1-5H3. The van der Waals surface area contributed by atoms with Gasteiger partial charge in [0, 0.05) is 17.5 Å². The molecule has 0 saturated heterocycles. The summed E-state index contributed by atoms with van der Waals surface area (Å²) in [6.07, 6.45) is 4.31. The van der Waals surface area contributed by atoms with Crippen LogP contribution in [0.2, 0.25) is 0 Å². The minimum absolute atomic E-state index is 0.354. The van der Waals surface area contributed by atoms with Crippen molar-refractivity contribution in [1.82, 2.24) is 4.98 Å². The largest absolute Gasteiger partial charge is 0.249 e. The Hall–Kier alpha value is -0.370. The van der Waals surface area contributed by atoms with Gasteiger partial charge < -0.3 is 0 Å². The van der Waals surface area contributed by atoms with Gasteiger partial charge in [0.2, 0.25) is 0 Å². The van der Waals surface area contributed by atoms with Crippen LogP contribution in [0, 0.1) is 11.3 Å². The van der Waals surface area contributed by atoms with Crippen LogP contribution in [-0.2, 0) is 12.8 Å². The Kier molecular flexibility index (Phi) is 3.71. The fourth-order valence-corrected chi connectivity index (χ4v) is 2.82.